The van der Waals surface area contributed by atoms with Gasteiger partial charge in [0.25, 0.3) is 0 Å². The summed E-state index contributed by atoms with van der Waals surface area (Å²) in [7, 11) is 0. The highest BCUT2D eigenvalue weighted by molar-refractivity contribution is 5.86. The summed E-state index contributed by atoms with van der Waals surface area (Å²) in [4.78, 5) is 21.2. The minimum Gasteiger partial charge on any atom is -0.391 e. The fraction of sp³-hybridized carbons (Fsp3) is 0.500. The van der Waals surface area contributed by atoms with Gasteiger partial charge in [-0.25, -0.2) is 0 Å². The van der Waals surface area contributed by atoms with E-state index in [-0.39, 0.29) is 18.0 Å². The van der Waals surface area contributed by atoms with Crippen molar-refractivity contribution in [2.45, 2.75) is 44.9 Å². The Kier molecular flexibility index (Phi) is 3.95. The number of para-hydroxylation sites is 1. The fourth-order valence-electron chi connectivity index (χ4n) is 3.88. The number of nitrogens with zero attached hydrogens (tertiary/aromatic N) is 4. The zero-order valence-electron chi connectivity index (χ0n) is 14.4. The molecular formula is C18H22N4O3. The topological polar surface area (TPSA) is 82.7 Å². The van der Waals surface area contributed by atoms with Crippen molar-refractivity contribution >= 4 is 11.6 Å². The number of hydrogen-bond acceptors (Lipinski definition) is 6. The van der Waals surface area contributed by atoms with Crippen molar-refractivity contribution in [2.75, 3.05) is 18.0 Å². The first kappa shape index (κ1) is 16.1. The molecule has 1 aromatic carbocycles. The van der Waals surface area contributed by atoms with Crippen LogP contribution in [0, 0.1) is 6.92 Å². The predicted octanol–water partition coefficient (Wildman–Crippen LogP) is 1.46. The number of β-amino-alcohol motifs (C(OH)–C–C–N with tert-alkyl or cyclic N) is 1. The summed E-state index contributed by atoms with van der Waals surface area (Å²) in [6.07, 6.45) is 0.804. The molecule has 0 spiro atoms. The first-order valence-corrected chi connectivity index (χ1v) is 8.68. The molecule has 25 heavy (non-hydrogen) atoms. The van der Waals surface area contributed by atoms with E-state index in [0.29, 0.717) is 24.7 Å². The molecule has 0 radical (unpaired) electrons. The van der Waals surface area contributed by atoms with Crippen LogP contribution in [0.25, 0.3) is 0 Å². The molecule has 1 N–H and O–H groups in total. The molecule has 7 heteroatoms. The number of aliphatic hydroxyl groups excluding tert-OH is 1. The molecular weight excluding hydrogens is 320 g/mol. The van der Waals surface area contributed by atoms with Crippen molar-refractivity contribution in [3.63, 3.8) is 0 Å². The third kappa shape index (κ3) is 2.78. The number of rotatable bonds is 3. The van der Waals surface area contributed by atoms with Gasteiger partial charge in [-0.05, 0) is 31.9 Å². The Morgan fingerprint density at radius 2 is 2.20 bits per heavy atom. The largest absolute Gasteiger partial charge is 0.391 e. The molecule has 2 aliphatic rings. The predicted molar refractivity (Wildman–Crippen MR) is 91.1 cm³/mol. The van der Waals surface area contributed by atoms with E-state index in [1.54, 1.807) is 11.8 Å². The van der Waals surface area contributed by atoms with Crippen molar-refractivity contribution in [1.82, 2.24) is 15.0 Å². The number of aryl methyl sites for hydroxylation is 1. The Bertz CT molecular complexity index is 790. The maximum absolute atomic E-state index is 13.2. The van der Waals surface area contributed by atoms with E-state index in [0.717, 1.165) is 18.7 Å². The van der Waals surface area contributed by atoms with E-state index in [9.17, 15) is 9.90 Å². The van der Waals surface area contributed by atoms with Gasteiger partial charge in [0.1, 0.15) is 12.1 Å². The average molecular weight is 342 g/mol. The Balaban J connectivity index is 1.57. The van der Waals surface area contributed by atoms with Crippen LogP contribution >= 0.6 is 0 Å². The second kappa shape index (κ2) is 6.15. The van der Waals surface area contributed by atoms with Crippen LogP contribution in [-0.4, -0.2) is 51.3 Å². The van der Waals surface area contributed by atoms with Crippen LogP contribution in [0.1, 0.15) is 36.7 Å². The molecule has 1 fully saturated rings. The Morgan fingerprint density at radius 3 is 2.96 bits per heavy atom. The lowest BCUT2D eigenvalue weighted by molar-refractivity contribution is -0.134. The van der Waals surface area contributed by atoms with Crippen molar-refractivity contribution in [1.29, 1.82) is 0 Å². The van der Waals surface area contributed by atoms with Crippen molar-refractivity contribution in [3.05, 3.63) is 41.5 Å². The number of carbonyl (C=O) groups excluding carboxylic acids is 1. The minimum atomic E-state index is -0.570. The average Bonchev–Trinajstić information content (AvgIpc) is 3.31. The van der Waals surface area contributed by atoms with E-state index in [1.165, 1.54) is 5.56 Å². The number of fused-ring (bicyclic) bond motifs is 1. The summed E-state index contributed by atoms with van der Waals surface area (Å²) in [5.41, 5.74) is 2.39. The van der Waals surface area contributed by atoms with E-state index < -0.39 is 6.10 Å². The highest BCUT2D eigenvalue weighted by Crippen LogP contribution is 2.34. The van der Waals surface area contributed by atoms with Crippen molar-refractivity contribution < 1.29 is 14.4 Å². The van der Waals surface area contributed by atoms with Crippen LogP contribution in [0.4, 0.5) is 5.69 Å². The molecule has 2 aliphatic heterocycles. The lowest BCUT2D eigenvalue weighted by atomic mass is 10.1. The molecule has 3 heterocycles. The summed E-state index contributed by atoms with van der Waals surface area (Å²) in [5.74, 6) is 0.913. The van der Waals surface area contributed by atoms with Crippen molar-refractivity contribution in [2.24, 2.45) is 0 Å². The van der Waals surface area contributed by atoms with Crippen molar-refractivity contribution in [3.8, 4) is 0 Å². The third-order valence-electron chi connectivity index (χ3n) is 5.14. The van der Waals surface area contributed by atoms with Crippen LogP contribution in [0.2, 0.25) is 0 Å². The first-order valence-electron chi connectivity index (χ1n) is 8.68. The quantitative estimate of drug-likeness (QED) is 0.909. The van der Waals surface area contributed by atoms with Gasteiger partial charge in [-0.3, -0.25) is 4.79 Å². The zero-order valence-corrected chi connectivity index (χ0v) is 14.4. The molecule has 132 valence electrons. The molecule has 0 saturated carbocycles. The lowest BCUT2D eigenvalue weighted by Crippen LogP contribution is -2.47. The number of amides is 1. The standard InChI is InChI=1S/C18H22N4O3/c1-11(21-8-7-13-5-3-4-6-15(13)21)18(24)22-10-14(23)9-16(22)17-19-12(2)20-25-17/h3-6,11,14,16,23H,7-10H2,1-2H3/t11-,14-,16-/m1/s1. The molecule has 0 bridgehead atoms. The van der Waals surface area contributed by atoms with Gasteiger partial charge in [0, 0.05) is 25.2 Å². The summed E-state index contributed by atoms with van der Waals surface area (Å²) in [6, 6.07) is 7.53. The van der Waals surface area contributed by atoms with Crippen LogP contribution in [-0.2, 0) is 11.2 Å². The number of carbonyl (C=O) groups is 1. The second-order valence-corrected chi connectivity index (χ2v) is 6.82. The number of benzene rings is 1. The SMILES string of the molecule is Cc1noc([C@H]2C[C@@H](O)CN2C(=O)[C@@H](C)N2CCc3ccccc32)n1. The van der Waals surface area contributed by atoms with Gasteiger partial charge in [0.05, 0.1) is 6.10 Å². The molecule has 0 unspecified atom stereocenters. The van der Waals surface area contributed by atoms with E-state index >= 15 is 0 Å². The number of hydrogen-bond donors (Lipinski definition) is 1. The fourth-order valence-corrected chi connectivity index (χ4v) is 3.88. The monoisotopic (exact) mass is 342 g/mol. The van der Waals surface area contributed by atoms with E-state index in [4.69, 9.17) is 4.52 Å². The van der Waals surface area contributed by atoms with Crippen LogP contribution in [0.3, 0.4) is 0 Å². The number of anilines is 1. The highest BCUT2D eigenvalue weighted by Gasteiger charge is 2.41. The zero-order chi connectivity index (χ0) is 17.6. The molecule has 1 amide bonds. The van der Waals surface area contributed by atoms with Crippen LogP contribution < -0.4 is 4.90 Å². The van der Waals surface area contributed by atoms with E-state index in [2.05, 4.69) is 27.2 Å². The summed E-state index contributed by atoms with van der Waals surface area (Å²) < 4.78 is 5.26. The molecule has 2 aromatic rings. The Hall–Kier alpha value is -2.41. The van der Waals surface area contributed by atoms with Gasteiger partial charge in [-0.15, -0.1) is 0 Å². The third-order valence-corrected chi connectivity index (χ3v) is 5.14. The van der Waals surface area contributed by atoms with Gasteiger partial charge in [0.15, 0.2) is 5.82 Å². The highest BCUT2D eigenvalue weighted by atomic mass is 16.5. The normalized spacial score (nSPS) is 23.8. The van der Waals surface area contributed by atoms with Gasteiger partial charge in [-0.1, -0.05) is 23.4 Å². The van der Waals surface area contributed by atoms with Gasteiger partial charge < -0.3 is 19.4 Å². The molecule has 0 aliphatic carbocycles. The lowest BCUT2D eigenvalue weighted by Gasteiger charge is -2.31. The minimum absolute atomic E-state index is 0.0193. The second-order valence-electron chi connectivity index (χ2n) is 6.82. The maximum atomic E-state index is 13.2. The van der Waals surface area contributed by atoms with E-state index in [1.807, 2.05) is 19.1 Å². The van der Waals surface area contributed by atoms with Crippen LogP contribution in [0.5, 0.6) is 0 Å². The summed E-state index contributed by atoms with van der Waals surface area (Å²) in [5, 5.41) is 13.9. The first-order chi connectivity index (χ1) is 12.0. The smallest absolute Gasteiger partial charge is 0.249 e. The Labute approximate surface area is 146 Å². The summed E-state index contributed by atoms with van der Waals surface area (Å²) in [6.45, 7) is 4.79. The van der Waals surface area contributed by atoms with Gasteiger partial charge >= 0.3 is 0 Å². The molecule has 4 rings (SSSR count). The Morgan fingerprint density at radius 1 is 1.40 bits per heavy atom. The van der Waals surface area contributed by atoms with Gasteiger partial charge in [-0.2, -0.15) is 4.98 Å². The van der Waals surface area contributed by atoms with Gasteiger partial charge in [0.2, 0.25) is 11.8 Å². The number of aromatic nitrogens is 2. The molecule has 3 atom stereocenters. The maximum Gasteiger partial charge on any atom is 0.249 e. The number of aliphatic hydroxyl groups is 1. The number of likely N-dealkylation sites (tertiary alicyclic amines) is 1. The summed E-state index contributed by atoms with van der Waals surface area (Å²) >= 11 is 0. The van der Waals surface area contributed by atoms with Crippen LogP contribution in [0.15, 0.2) is 28.8 Å². The molecule has 1 saturated heterocycles. The molecule has 7 nitrogen and oxygen atoms in total. The molecule has 1 aromatic heterocycles.